The molecule has 0 radical (unpaired) electrons. The van der Waals surface area contributed by atoms with Gasteiger partial charge in [0.2, 0.25) is 0 Å². The molecule has 0 aliphatic carbocycles. The van der Waals surface area contributed by atoms with Crippen molar-refractivity contribution in [1.29, 1.82) is 0 Å². The van der Waals surface area contributed by atoms with Crippen LogP contribution in [0, 0.1) is 5.41 Å². The van der Waals surface area contributed by atoms with Gasteiger partial charge in [-0.25, -0.2) is 0 Å². The van der Waals surface area contributed by atoms with Crippen LogP contribution in [0.5, 0.6) is 5.75 Å². The summed E-state index contributed by atoms with van der Waals surface area (Å²) in [6.45, 7) is 34.4. The molecular formula is C40H66O6Si2. The van der Waals surface area contributed by atoms with Crippen molar-refractivity contribution in [3.8, 4) is 5.75 Å². The summed E-state index contributed by atoms with van der Waals surface area (Å²) in [7, 11) is -2.91. The van der Waals surface area contributed by atoms with E-state index in [-0.39, 0.29) is 17.7 Å². The second kappa shape index (κ2) is 17.6. The average Bonchev–Trinajstić information content (AvgIpc) is 3.00. The normalized spacial score (nSPS) is 15.0. The van der Waals surface area contributed by atoms with Crippen molar-refractivity contribution in [1.82, 2.24) is 0 Å². The summed E-state index contributed by atoms with van der Waals surface area (Å²) in [6.07, 6.45) is -0.452. The van der Waals surface area contributed by atoms with Crippen molar-refractivity contribution >= 4 is 22.9 Å². The molecule has 48 heavy (non-hydrogen) atoms. The van der Waals surface area contributed by atoms with Crippen LogP contribution in [0.4, 0.5) is 0 Å². The fourth-order valence-electron chi connectivity index (χ4n) is 6.63. The summed E-state index contributed by atoms with van der Waals surface area (Å²) in [5, 5.41) is -0.0385. The van der Waals surface area contributed by atoms with E-state index in [0.717, 1.165) is 28.9 Å². The summed E-state index contributed by atoms with van der Waals surface area (Å²) < 4.78 is 32.9. The van der Waals surface area contributed by atoms with Crippen molar-refractivity contribution in [2.45, 2.75) is 149 Å². The molecule has 0 saturated heterocycles. The summed E-state index contributed by atoms with van der Waals surface area (Å²) in [5.74, 6) is 1.52. The smallest absolute Gasteiger partial charge is 0.258 e. The fourth-order valence-corrected chi connectivity index (χ4v) is 13.4. The number of rotatable bonds is 20. The fraction of sp³-hybridized carbons (Fsp3) is 0.625. The molecule has 3 atom stereocenters. The monoisotopic (exact) mass is 698 g/mol. The Morgan fingerprint density at radius 3 is 1.75 bits per heavy atom. The molecule has 6 nitrogen and oxygen atoms in total. The predicted octanol–water partition coefficient (Wildman–Crippen LogP) is 10.9. The van der Waals surface area contributed by atoms with Crippen LogP contribution in [-0.2, 0) is 36.3 Å². The van der Waals surface area contributed by atoms with Gasteiger partial charge in [-0.1, -0.05) is 125 Å². The minimum Gasteiger partial charge on any atom is -0.546 e. The molecular weight excluding hydrogens is 633 g/mol. The standard InChI is InChI=1S/C40H66O6Si2/c1-29(2)48(30(3)4,31(5)6)45-32(7)25-37(46-47(14,15)39(8,9)10)40(11,12)38(44-28-34-21-23-35(42-13)24-22-34)36(26-41)43-27-33-19-17-16-18-20-33/h16-24,26,29-31,36-38H,7,25,27-28H2,1-6,8-15H3/t36-,37-,38-/m0/s1. The van der Waals surface area contributed by atoms with Gasteiger partial charge >= 0.3 is 0 Å². The van der Waals surface area contributed by atoms with Crippen LogP contribution in [0.2, 0.25) is 34.8 Å². The molecule has 0 spiro atoms. The number of hydrogen-bond donors (Lipinski definition) is 0. The minimum atomic E-state index is -2.31. The van der Waals surface area contributed by atoms with Gasteiger partial charge in [0.25, 0.3) is 8.32 Å². The zero-order valence-electron chi connectivity index (χ0n) is 32.5. The van der Waals surface area contributed by atoms with Gasteiger partial charge in [0.05, 0.1) is 38.3 Å². The second-order valence-corrected chi connectivity index (χ2v) is 26.5. The van der Waals surface area contributed by atoms with Crippen LogP contribution >= 0.6 is 0 Å². The first kappa shape index (κ1) is 41.9. The third-order valence-electron chi connectivity index (χ3n) is 10.6. The Labute approximate surface area is 295 Å². The number of hydrogen-bond acceptors (Lipinski definition) is 6. The van der Waals surface area contributed by atoms with Gasteiger partial charge in [0.1, 0.15) is 11.9 Å². The molecule has 270 valence electrons. The van der Waals surface area contributed by atoms with Gasteiger partial charge < -0.3 is 27.9 Å². The Bertz CT molecular complexity index is 1240. The lowest BCUT2D eigenvalue weighted by Gasteiger charge is -2.49. The Balaban J connectivity index is 2.60. The zero-order chi connectivity index (χ0) is 36.5. The van der Waals surface area contributed by atoms with Crippen LogP contribution in [0.3, 0.4) is 0 Å². The molecule has 0 fully saturated rings. The molecule has 0 aromatic heterocycles. The maximum absolute atomic E-state index is 12.9. The molecule has 0 amide bonds. The Morgan fingerprint density at radius 1 is 0.792 bits per heavy atom. The lowest BCUT2D eigenvalue weighted by molar-refractivity contribution is -0.163. The summed E-state index contributed by atoms with van der Waals surface area (Å²) in [6, 6.07) is 17.7. The highest BCUT2D eigenvalue weighted by Gasteiger charge is 2.51. The van der Waals surface area contributed by atoms with Crippen LogP contribution in [-0.4, -0.2) is 48.3 Å². The first-order valence-electron chi connectivity index (χ1n) is 17.6. The Morgan fingerprint density at radius 2 is 1.29 bits per heavy atom. The van der Waals surface area contributed by atoms with Crippen molar-refractivity contribution in [3.63, 3.8) is 0 Å². The number of aldehydes is 1. The van der Waals surface area contributed by atoms with Crippen molar-refractivity contribution in [3.05, 3.63) is 78.1 Å². The van der Waals surface area contributed by atoms with E-state index in [1.54, 1.807) is 7.11 Å². The molecule has 0 bridgehead atoms. The summed E-state index contributed by atoms with van der Waals surface area (Å²) >= 11 is 0. The number of ether oxygens (including phenoxy) is 3. The van der Waals surface area contributed by atoms with Crippen LogP contribution < -0.4 is 4.74 Å². The second-order valence-electron chi connectivity index (χ2n) is 16.3. The highest BCUT2D eigenvalue weighted by molar-refractivity contribution is 6.78. The number of methoxy groups -OCH3 is 1. The van der Waals surface area contributed by atoms with E-state index in [4.69, 9.17) is 23.1 Å². The third kappa shape index (κ3) is 10.6. The van der Waals surface area contributed by atoms with Crippen molar-refractivity contribution < 1.29 is 27.9 Å². The first-order valence-corrected chi connectivity index (χ1v) is 22.7. The predicted molar refractivity (Wildman–Crippen MR) is 204 cm³/mol. The topological polar surface area (TPSA) is 63.2 Å². The molecule has 2 aromatic carbocycles. The van der Waals surface area contributed by atoms with Crippen LogP contribution in [0.25, 0.3) is 0 Å². The van der Waals surface area contributed by atoms with Gasteiger partial charge in [0, 0.05) is 11.8 Å². The SMILES string of the molecule is C=C(C[C@H](O[Si](C)(C)C(C)(C)C)C(C)(C)[C@@H](OCc1ccc(OC)cc1)[C@H](C=O)OCc1ccccc1)O[Si](C(C)C)(C(C)C)C(C)C. The molecule has 8 heteroatoms. The Kier molecular flexibility index (Phi) is 15.4. The molecule has 0 heterocycles. The van der Waals surface area contributed by atoms with Gasteiger partial charge in [-0.15, -0.1) is 0 Å². The molecule has 2 rings (SSSR count). The van der Waals surface area contributed by atoms with Gasteiger partial charge in [0.15, 0.2) is 14.6 Å². The van der Waals surface area contributed by atoms with Crippen molar-refractivity contribution in [2.75, 3.05) is 7.11 Å². The maximum Gasteiger partial charge on any atom is 0.258 e. The lowest BCUT2D eigenvalue weighted by Crippen LogP contribution is -2.55. The zero-order valence-corrected chi connectivity index (χ0v) is 34.5. The average molecular weight is 699 g/mol. The van der Waals surface area contributed by atoms with Gasteiger partial charge in [-0.3, -0.25) is 0 Å². The quantitative estimate of drug-likeness (QED) is 0.0779. The number of carbonyl (C=O) groups excluding carboxylic acids is 1. The van der Waals surface area contributed by atoms with E-state index in [1.807, 2.05) is 54.6 Å². The van der Waals surface area contributed by atoms with Gasteiger partial charge in [-0.2, -0.15) is 0 Å². The van der Waals surface area contributed by atoms with E-state index in [0.29, 0.717) is 29.7 Å². The molecule has 0 aliphatic heterocycles. The highest BCUT2D eigenvalue weighted by Crippen LogP contribution is 2.47. The lowest BCUT2D eigenvalue weighted by atomic mass is 9.77. The van der Waals surface area contributed by atoms with E-state index >= 15 is 0 Å². The molecule has 0 aliphatic rings. The summed E-state index contributed by atoms with van der Waals surface area (Å²) in [4.78, 5) is 12.9. The molecule has 0 N–H and O–H groups in total. The highest BCUT2D eigenvalue weighted by atomic mass is 28.4. The van der Waals surface area contributed by atoms with E-state index in [9.17, 15) is 4.79 Å². The maximum atomic E-state index is 12.9. The van der Waals surface area contributed by atoms with E-state index in [2.05, 4.69) is 95.8 Å². The number of carbonyl (C=O) groups is 1. The number of benzene rings is 2. The van der Waals surface area contributed by atoms with Crippen LogP contribution in [0.15, 0.2) is 66.9 Å². The molecule has 0 unspecified atom stereocenters. The van der Waals surface area contributed by atoms with E-state index < -0.39 is 34.3 Å². The first-order chi connectivity index (χ1) is 22.2. The largest absolute Gasteiger partial charge is 0.546 e. The van der Waals surface area contributed by atoms with Crippen LogP contribution in [0.1, 0.15) is 93.7 Å². The molecule has 0 saturated carbocycles. The Hall–Kier alpha value is -2.24. The van der Waals surface area contributed by atoms with Crippen molar-refractivity contribution in [2.24, 2.45) is 5.41 Å². The van der Waals surface area contributed by atoms with Gasteiger partial charge in [-0.05, 0) is 58.0 Å². The molecule has 2 aromatic rings. The minimum absolute atomic E-state index is 0.0385. The third-order valence-corrected chi connectivity index (χ3v) is 21.1. The van der Waals surface area contributed by atoms with E-state index in [1.165, 1.54) is 0 Å². The summed E-state index contributed by atoms with van der Waals surface area (Å²) in [5.41, 5.74) is 2.51.